The Labute approximate surface area is 127 Å². The van der Waals surface area contributed by atoms with Gasteiger partial charge in [-0.1, -0.05) is 20.8 Å². The normalized spacial score (nSPS) is 15.7. The SMILES string of the molecule is CC(C)C[C@@H](C)[C@H](CO)NS(=O)(=O)c1ccc(Br)s1. The van der Waals surface area contributed by atoms with Crippen LogP contribution in [0.4, 0.5) is 0 Å². The first-order chi connectivity index (χ1) is 8.76. The molecule has 0 saturated carbocycles. The van der Waals surface area contributed by atoms with E-state index in [1.807, 2.05) is 6.92 Å². The molecule has 0 unspecified atom stereocenters. The molecular weight excluding hydrogens is 350 g/mol. The molecule has 7 heteroatoms. The highest BCUT2D eigenvalue weighted by Gasteiger charge is 2.25. The molecular formula is C12H20BrNO3S2. The van der Waals surface area contributed by atoms with Gasteiger partial charge in [0.2, 0.25) is 10.0 Å². The number of thiophene rings is 1. The van der Waals surface area contributed by atoms with Gasteiger partial charge in [-0.25, -0.2) is 13.1 Å². The number of aliphatic hydroxyl groups is 1. The van der Waals surface area contributed by atoms with Gasteiger partial charge >= 0.3 is 0 Å². The van der Waals surface area contributed by atoms with Crippen LogP contribution in [0.15, 0.2) is 20.1 Å². The van der Waals surface area contributed by atoms with Crippen LogP contribution >= 0.6 is 27.3 Å². The van der Waals surface area contributed by atoms with Gasteiger partial charge in [-0.05, 0) is 46.3 Å². The number of hydrogen-bond donors (Lipinski definition) is 2. The lowest BCUT2D eigenvalue weighted by atomic mass is 9.93. The molecule has 1 aromatic heterocycles. The first-order valence-electron chi connectivity index (χ1n) is 6.14. The second kappa shape index (κ2) is 7.17. The monoisotopic (exact) mass is 369 g/mol. The Hall–Kier alpha value is 0.0500. The van der Waals surface area contributed by atoms with E-state index < -0.39 is 16.1 Å². The molecule has 0 bridgehead atoms. The number of rotatable bonds is 7. The summed E-state index contributed by atoms with van der Waals surface area (Å²) < 4.78 is 28.0. The number of hydrogen-bond acceptors (Lipinski definition) is 4. The Morgan fingerprint density at radius 2 is 2.00 bits per heavy atom. The minimum atomic E-state index is -3.55. The zero-order valence-corrected chi connectivity index (χ0v) is 14.5. The van der Waals surface area contributed by atoms with Gasteiger partial charge < -0.3 is 5.11 Å². The van der Waals surface area contributed by atoms with Gasteiger partial charge in [-0.3, -0.25) is 0 Å². The zero-order chi connectivity index (χ0) is 14.6. The fraction of sp³-hybridized carbons (Fsp3) is 0.667. The predicted octanol–water partition coefficient (Wildman–Crippen LogP) is 2.83. The van der Waals surface area contributed by atoms with Crippen LogP contribution in [0.5, 0.6) is 0 Å². The first kappa shape index (κ1) is 17.1. The van der Waals surface area contributed by atoms with Crippen LogP contribution in [0.1, 0.15) is 27.2 Å². The molecule has 0 aliphatic carbocycles. The molecule has 0 radical (unpaired) electrons. The Kier molecular flexibility index (Phi) is 6.46. The van der Waals surface area contributed by atoms with E-state index in [4.69, 9.17) is 0 Å². The maximum atomic E-state index is 12.2. The molecule has 0 fully saturated rings. The number of halogens is 1. The summed E-state index contributed by atoms with van der Waals surface area (Å²) in [5.74, 6) is 0.549. The van der Waals surface area contributed by atoms with Crippen LogP contribution in [0.3, 0.4) is 0 Å². The maximum Gasteiger partial charge on any atom is 0.250 e. The highest BCUT2D eigenvalue weighted by Crippen LogP contribution is 2.26. The molecule has 0 spiro atoms. The lowest BCUT2D eigenvalue weighted by Crippen LogP contribution is -2.42. The van der Waals surface area contributed by atoms with Gasteiger partial charge in [-0.15, -0.1) is 11.3 Å². The summed E-state index contributed by atoms with van der Waals surface area (Å²) in [6.45, 7) is 5.92. The molecule has 2 N–H and O–H groups in total. The minimum absolute atomic E-state index is 0.0863. The summed E-state index contributed by atoms with van der Waals surface area (Å²) in [6.07, 6.45) is 0.863. The summed E-state index contributed by atoms with van der Waals surface area (Å²) >= 11 is 4.40. The second-order valence-corrected chi connectivity index (χ2v) is 9.48. The lowest BCUT2D eigenvalue weighted by Gasteiger charge is -2.24. The third kappa shape index (κ3) is 5.15. The zero-order valence-electron chi connectivity index (χ0n) is 11.3. The van der Waals surface area contributed by atoms with E-state index in [1.165, 1.54) is 0 Å². The van der Waals surface area contributed by atoms with Crippen molar-refractivity contribution in [3.05, 3.63) is 15.9 Å². The Bertz CT molecular complexity index is 499. The summed E-state index contributed by atoms with van der Waals surface area (Å²) in [5, 5.41) is 9.39. The van der Waals surface area contributed by atoms with Crippen molar-refractivity contribution in [3.8, 4) is 0 Å². The highest BCUT2D eigenvalue weighted by atomic mass is 79.9. The number of sulfonamides is 1. The van der Waals surface area contributed by atoms with Gasteiger partial charge in [0.1, 0.15) is 4.21 Å². The topological polar surface area (TPSA) is 66.4 Å². The van der Waals surface area contributed by atoms with Crippen molar-refractivity contribution in [2.75, 3.05) is 6.61 Å². The minimum Gasteiger partial charge on any atom is -0.395 e. The van der Waals surface area contributed by atoms with Gasteiger partial charge in [-0.2, -0.15) is 0 Å². The lowest BCUT2D eigenvalue weighted by molar-refractivity contribution is 0.208. The molecule has 0 saturated heterocycles. The second-order valence-electron chi connectivity index (χ2n) is 5.08. The number of aliphatic hydroxyl groups excluding tert-OH is 1. The third-order valence-corrected chi connectivity index (χ3v) is 6.45. The van der Waals surface area contributed by atoms with Crippen molar-refractivity contribution in [2.45, 2.75) is 37.4 Å². The quantitative estimate of drug-likeness (QED) is 0.776. The molecule has 1 aromatic rings. The molecule has 2 atom stereocenters. The van der Waals surface area contributed by atoms with Gasteiger partial charge in [0.15, 0.2) is 0 Å². The molecule has 1 heterocycles. The molecule has 0 aliphatic heterocycles. The smallest absolute Gasteiger partial charge is 0.250 e. The van der Waals surface area contributed by atoms with E-state index in [-0.39, 0.29) is 16.7 Å². The van der Waals surface area contributed by atoms with Crippen LogP contribution < -0.4 is 4.72 Å². The first-order valence-corrected chi connectivity index (χ1v) is 9.24. The fourth-order valence-electron chi connectivity index (χ4n) is 1.94. The fourth-order valence-corrected chi connectivity index (χ4v) is 5.30. The van der Waals surface area contributed by atoms with Gasteiger partial charge in [0.25, 0.3) is 0 Å². The largest absolute Gasteiger partial charge is 0.395 e. The van der Waals surface area contributed by atoms with Gasteiger partial charge in [0, 0.05) is 6.04 Å². The molecule has 110 valence electrons. The summed E-state index contributed by atoms with van der Waals surface area (Å²) in [5.41, 5.74) is 0. The molecule has 1 rings (SSSR count). The van der Waals surface area contributed by atoms with Crippen LogP contribution in [0, 0.1) is 11.8 Å². The standard InChI is InChI=1S/C12H20BrNO3S2/c1-8(2)6-9(3)10(7-15)14-19(16,17)12-5-4-11(13)18-12/h4-5,8-10,14-15H,6-7H2,1-3H3/t9-,10+/m1/s1. The van der Waals surface area contributed by atoms with E-state index >= 15 is 0 Å². The number of nitrogens with one attached hydrogen (secondary N) is 1. The molecule has 0 aromatic carbocycles. The summed E-state index contributed by atoms with van der Waals surface area (Å²) in [7, 11) is -3.55. The highest BCUT2D eigenvalue weighted by molar-refractivity contribution is 9.11. The summed E-state index contributed by atoms with van der Waals surface area (Å²) in [6, 6.07) is 2.80. The average molecular weight is 370 g/mol. The van der Waals surface area contributed by atoms with Crippen LogP contribution in [0.2, 0.25) is 0 Å². The van der Waals surface area contributed by atoms with E-state index in [0.717, 1.165) is 21.5 Å². The van der Waals surface area contributed by atoms with Gasteiger partial charge in [0.05, 0.1) is 10.4 Å². The maximum absolute atomic E-state index is 12.2. The Morgan fingerprint density at radius 1 is 1.37 bits per heavy atom. The van der Waals surface area contributed by atoms with Crippen molar-refractivity contribution in [1.82, 2.24) is 4.72 Å². The van der Waals surface area contributed by atoms with Crippen molar-refractivity contribution >= 4 is 37.3 Å². The van der Waals surface area contributed by atoms with E-state index in [0.29, 0.717) is 5.92 Å². The molecule has 4 nitrogen and oxygen atoms in total. The van der Waals surface area contributed by atoms with Crippen molar-refractivity contribution in [3.63, 3.8) is 0 Å². The van der Waals surface area contributed by atoms with Crippen LogP contribution in [-0.2, 0) is 10.0 Å². The molecule has 0 aliphatic rings. The van der Waals surface area contributed by atoms with E-state index in [1.54, 1.807) is 12.1 Å². The van der Waals surface area contributed by atoms with Crippen LogP contribution in [0.25, 0.3) is 0 Å². The van der Waals surface area contributed by atoms with Crippen molar-refractivity contribution in [2.24, 2.45) is 11.8 Å². The molecule has 0 amide bonds. The third-order valence-electron chi connectivity index (χ3n) is 2.85. The molecule has 19 heavy (non-hydrogen) atoms. The predicted molar refractivity (Wildman–Crippen MR) is 81.8 cm³/mol. The van der Waals surface area contributed by atoms with Crippen molar-refractivity contribution in [1.29, 1.82) is 0 Å². The summed E-state index contributed by atoms with van der Waals surface area (Å²) in [4.78, 5) is 0. The van der Waals surface area contributed by atoms with E-state index in [2.05, 4.69) is 34.5 Å². The average Bonchev–Trinajstić information content (AvgIpc) is 2.72. The van der Waals surface area contributed by atoms with E-state index in [9.17, 15) is 13.5 Å². The van der Waals surface area contributed by atoms with Crippen LogP contribution in [-0.4, -0.2) is 26.2 Å². The Morgan fingerprint density at radius 3 is 2.42 bits per heavy atom. The Balaban J connectivity index is 2.80. The van der Waals surface area contributed by atoms with Crippen molar-refractivity contribution < 1.29 is 13.5 Å².